The monoisotopic (exact) mass is 1380 g/mol. The highest BCUT2D eigenvalue weighted by Gasteiger charge is 2.60. The third kappa shape index (κ3) is 26.6. The minimum absolute atomic E-state index is 0.0599. The van der Waals surface area contributed by atoms with Crippen molar-refractivity contribution in [3.8, 4) is 0 Å². The Morgan fingerprint density at radius 1 is 0.240 bits per heavy atom. The quantitative estimate of drug-likeness (QED) is 0.0388. The average molecular weight is 1390 g/mol. The minimum Gasteiger partial charge on any atom is -0.463 e. The molecule has 0 spiro atoms. The van der Waals surface area contributed by atoms with Crippen molar-refractivity contribution in [2.75, 3.05) is 65.8 Å². The predicted octanol–water partition coefficient (Wildman–Crippen LogP) is -2.56. The van der Waals surface area contributed by atoms with E-state index < -0.39 is 233 Å². The molecular formula is C58H84N2O36. The Bertz CT molecular complexity index is 2530. The van der Waals surface area contributed by atoms with Crippen LogP contribution in [0.3, 0.4) is 0 Å². The highest BCUT2D eigenvalue weighted by molar-refractivity contribution is 5.71. The van der Waals surface area contributed by atoms with E-state index >= 15 is 0 Å². The van der Waals surface area contributed by atoms with E-state index in [1.807, 2.05) is 0 Å². The second-order valence-corrected chi connectivity index (χ2v) is 21.6. The van der Waals surface area contributed by atoms with Crippen LogP contribution in [0.1, 0.15) is 96.9 Å². The topological polar surface area (TPSA) is 466 Å². The van der Waals surface area contributed by atoms with Crippen molar-refractivity contribution < 1.29 is 171 Å². The lowest BCUT2D eigenvalue weighted by Crippen LogP contribution is -2.67. The molecule has 20 atom stereocenters. The standard InChI is InChI=1S/C58H84N2O36/c1-25(61)77-21-39-43(81-29(5)65)47(83-31(7)67)53(89-37(13)73)57(93-39)95-45-41(23-79-27(3)63)91-55(51(87-35(11)71)49(45)85-33(9)69)75-19-17-59-15-16-60-18-20-76-56-52(88-36(12)72)50(86-34(10)70)46(42(92-56)24-80-28(4)64)96-58-54(90-38(14)74)48(84-32(8)68)44(82-30(6)66)40(94-58)22-78-26(2)62/h39-60H,15-24H2,1-14H3/t39-,40-,41+,42+,43+,44+,45-,46-,47+,48+,49-,50-,51+,52+,53-,54-,55+,56+,57+,58+/m1/s1. The van der Waals surface area contributed by atoms with E-state index in [-0.39, 0.29) is 39.4 Å². The summed E-state index contributed by atoms with van der Waals surface area (Å²) in [7, 11) is 0. The predicted molar refractivity (Wildman–Crippen MR) is 304 cm³/mol. The first-order valence-electron chi connectivity index (χ1n) is 30.0. The number of hydrogen-bond donors (Lipinski definition) is 2. The number of nitrogens with one attached hydrogen (secondary N) is 2. The van der Waals surface area contributed by atoms with Crippen molar-refractivity contribution in [2.45, 2.75) is 220 Å². The molecule has 38 heteroatoms. The van der Waals surface area contributed by atoms with Crippen LogP contribution >= 0.6 is 0 Å². The Hall–Kier alpha value is -7.82. The fraction of sp³-hybridized carbons (Fsp3) is 0.759. The van der Waals surface area contributed by atoms with Crippen LogP contribution < -0.4 is 10.6 Å². The van der Waals surface area contributed by atoms with Gasteiger partial charge in [0.05, 0.1) is 13.2 Å². The summed E-state index contributed by atoms with van der Waals surface area (Å²) in [5.74, 6) is -12.8. The molecular weight excluding hydrogens is 1300 g/mol. The van der Waals surface area contributed by atoms with Crippen LogP contribution in [-0.4, -0.2) is 272 Å². The first-order valence-corrected chi connectivity index (χ1v) is 30.0. The smallest absolute Gasteiger partial charge is 0.303 e. The molecule has 0 aliphatic carbocycles. The lowest BCUT2D eigenvalue weighted by molar-refractivity contribution is -0.361. The van der Waals surface area contributed by atoms with Crippen LogP contribution in [0, 0.1) is 0 Å². The molecule has 4 rings (SSSR count). The summed E-state index contributed by atoms with van der Waals surface area (Å²) < 4.78 is 126. The summed E-state index contributed by atoms with van der Waals surface area (Å²) in [4.78, 5) is 175. The van der Waals surface area contributed by atoms with Crippen LogP contribution in [-0.2, 0) is 171 Å². The summed E-state index contributed by atoms with van der Waals surface area (Å²) in [5.41, 5.74) is 0. The molecule has 4 aliphatic heterocycles. The van der Waals surface area contributed by atoms with E-state index in [1.54, 1.807) is 0 Å². The molecule has 4 heterocycles. The van der Waals surface area contributed by atoms with E-state index in [0.717, 1.165) is 96.9 Å². The van der Waals surface area contributed by atoms with Crippen molar-refractivity contribution in [1.29, 1.82) is 0 Å². The SMILES string of the molecule is CC(=O)OC[C@@H]1O[C@H](OCCNCCNCCO[C@H]2O[C@@H](COC(C)=O)[C@@H](O[C@@H]3O[C@H](COC(C)=O)[C@H](OC(C)=O)[C@H](OC(C)=O)[C@H]3OC(C)=O)[C@@H](OC(C)=O)[C@@H]2OC(C)=O)[C@@H](OC(C)=O)[C@H](OC(C)=O)[C@@H]1O[C@@H]1O[C@H](COC(C)=O)[C@H](OC(C)=O)[C@H](OC(C)=O)[C@H]1OC(C)=O. The Morgan fingerprint density at radius 2 is 0.438 bits per heavy atom. The van der Waals surface area contributed by atoms with E-state index in [2.05, 4.69) is 10.6 Å². The molecule has 4 fully saturated rings. The van der Waals surface area contributed by atoms with Gasteiger partial charge in [-0.1, -0.05) is 0 Å². The van der Waals surface area contributed by atoms with E-state index in [0.29, 0.717) is 0 Å². The molecule has 0 bridgehead atoms. The van der Waals surface area contributed by atoms with Gasteiger partial charge in [0.2, 0.25) is 0 Å². The van der Waals surface area contributed by atoms with Crippen LogP contribution in [0.25, 0.3) is 0 Å². The van der Waals surface area contributed by atoms with Gasteiger partial charge >= 0.3 is 83.6 Å². The number of rotatable bonds is 33. The number of esters is 14. The molecule has 0 aromatic rings. The third-order valence-corrected chi connectivity index (χ3v) is 13.4. The lowest BCUT2D eigenvalue weighted by atomic mass is 9.96. The number of hydrogen-bond acceptors (Lipinski definition) is 38. The molecule has 0 saturated carbocycles. The van der Waals surface area contributed by atoms with Crippen molar-refractivity contribution >= 4 is 83.6 Å². The highest BCUT2D eigenvalue weighted by Crippen LogP contribution is 2.38. The van der Waals surface area contributed by atoms with Gasteiger partial charge in [0.1, 0.15) is 63.1 Å². The molecule has 0 unspecified atom stereocenters. The zero-order valence-corrected chi connectivity index (χ0v) is 55.3. The van der Waals surface area contributed by atoms with Crippen LogP contribution in [0.2, 0.25) is 0 Å². The molecule has 38 nitrogen and oxygen atoms in total. The second-order valence-electron chi connectivity index (χ2n) is 21.6. The van der Waals surface area contributed by atoms with Gasteiger partial charge in [0, 0.05) is 123 Å². The van der Waals surface area contributed by atoms with Crippen molar-refractivity contribution in [3.63, 3.8) is 0 Å². The summed E-state index contributed by atoms with van der Waals surface area (Å²) in [6, 6.07) is 0. The van der Waals surface area contributed by atoms with Crippen molar-refractivity contribution in [2.24, 2.45) is 0 Å². The Kier molecular flexibility index (Phi) is 33.1. The summed E-state index contributed by atoms with van der Waals surface area (Å²) >= 11 is 0. The summed E-state index contributed by atoms with van der Waals surface area (Å²) in [5, 5.41) is 6.21. The zero-order chi connectivity index (χ0) is 71.7. The van der Waals surface area contributed by atoms with E-state index in [9.17, 15) is 67.1 Å². The minimum atomic E-state index is -1.90. The maximum Gasteiger partial charge on any atom is 0.303 e. The number of ether oxygens (including phenoxy) is 22. The number of carbonyl (C=O) groups is 14. The van der Waals surface area contributed by atoms with Gasteiger partial charge in [-0.15, -0.1) is 0 Å². The highest BCUT2D eigenvalue weighted by atomic mass is 16.8. The molecule has 0 aromatic heterocycles. The molecule has 0 radical (unpaired) electrons. The largest absolute Gasteiger partial charge is 0.463 e. The summed E-state index contributed by atoms with van der Waals surface area (Å²) in [6.45, 7) is 11.9. The van der Waals surface area contributed by atoms with Crippen LogP contribution in [0.4, 0.5) is 0 Å². The van der Waals surface area contributed by atoms with Crippen LogP contribution in [0.15, 0.2) is 0 Å². The maximum atomic E-state index is 12.9. The molecule has 96 heavy (non-hydrogen) atoms. The molecule has 4 saturated heterocycles. The van der Waals surface area contributed by atoms with Gasteiger partial charge in [-0.05, 0) is 0 Å². The molecule has 0 aromatic carbocycles. The van der Waals surface area contributed by atoms with Gasteiger partial charge in [0.25, 0.3) is 0 Å². The first-order chi connectivity index (χ1) is 45.1. The average Bonchev–Trinajstić information content (AvgIpc) is 0.777. The normalized spacial score (nSPS) is 30.0. The van der Waals surface area contributed by atoms with Gasteiger partial charge in [-0.25, -0.2) is 0 Å². The first kappa shape index (κ1) is 80.6. The van der Waals surface area contributed by atoms with Gasteiger partial charge < -0.3 is 115 Å². The Labute approximate surface area is 549 Å². The second kappa shape index (κ2) is 39.4. The van der Waals surface area contributed by atoms with Crippen molar-refractivity contribution in [1.82, 2.24) is 10.6 Å². The van der Waals surface area contributed by atoms with Crippen molar-refractivity contribution in [3.05, 3.63) is 0 Å². The lowest BCUT2D eigenvalue weighted by Gasteiger charge is -2.48. The molecule has 542 valence electrons. The van der Waals surface area contributed by atoms with E-state index in [1.165, 1.54) is 0 Å². The van der Waals surface area contributed by atoms with E-state index in [4.69, 9.17) is 104 Å². The van der Waals surface area contributed by atoms with Gasteiger partial charge in [-0.2, -0.15) is 0 Å². The molecule has 2 N–H and O–H groups in total. The zero-order valence-electron chi connectivity index (χ0n) is 55.3. The molecule has 4 aliphatic rings. The number of carbonyl (C=O) groups excluding carboxylic acids is 14. The maximum absolute atomic E-state index is 12.9. The fourth-order valence-corrected chi connectivity index (χ4v) is 10.1. The Balaban J connectivity index is 1.52. The van der Waals surface area contributed by atoms with Gasteiger partial charge in [0.15, 0.2) is 86.2 Å². The fourth-order valence-electron chi connectivity index (χ4n) is 10.1. The third-order valence-electron chi connectivity index (χ3n) is 13.4. The summed E-state index contributed by atoms with van der Waals surface area (Å²) in [6.07, 6.45) is -33.5. The Morgan fingerprint density at radius 3 is 0.677 bits per heavy atom. The van der Waals surface area contributed by atoms with Crippen LogP contribution in [0.5, 0.6) is 0 Å². The van der Waals surface area contributed by atoms with Gasteiger partial charge in [-0.3, -0.25) is 67.1 Å². The molecule has 0 amide bonds.